The van der Waals surface area contributed by atoms with E-state index in [-0.39, 0.29) is 17.3 Å². The zero-order valence-corrected chi connectivity index (χ0v) is 14.0. The van der Waals surface area contributed by atoms with Gasteiger partial charge in [0.25, 0.3) is 5.69 Å². The number of nitro benzene ring substituents is 1. The van der Waals surface area contributed by atoms with Crippen LogP contribution in [0, 0.1) is 10.1 Å². The Bertz CT molecular complexity index is 754. The van der Waals surface area contributed by atoms with Gasteiger partial charge in [0.2, 0.25) is 5.91 Å². The number of carbonyl (C=O) groups excluding carboxylic acids is 1. The van der Waals surface area contributed by atoms with E-state index >= 15 is 0 Å². The predicted octanol–water partition coefficient (Wildman–Crippen LogP) is 1.84. The molecule has 1 aromatic heterocycles. The van der Waals surface area contributed by atoms with Crippen LogP contribution in [0.15, 0.2) is 30.6 Å². The van der Waals surface area contributed by atoms with Gasteiger partial charge in [0.05, 0.1) is 11.1 Å². The summed E-state index contributed by atoms with van der Waals surface area (Å²) < 4.78 is 1.72. The minimum absolute atomic E-state index is 0.0943. The van der Waals surface area contributed by atoms with Gasteiger partial charge in [-0.25, -0.2) is 0 Å². The van der Waals surface area contributed by atoms with E-state index in [1.165, 1.54) is 12.1 Å². The molecule has 24 heavy (non-hydrogen) atoms. The van der Waals surface area contributed by atoms with Gasteiger partial charge < -0.3 is 5.73 Å². The Labute approximate surface area is 140 Å². The molecule has 0 saturated carbocycles. The zero-order chi connectivity index (χ0) is 17.9. The third-order valence-electron chi connectivity index (χ3n) is 3.81. The molecule has 0 atom stereocenters. The molecule has 128 valence electrons. The average Bonchev–Trinajstić information content (AvgIpc) is 2.91. The number of aryl methyl sites for hydroxylation is 1. The number of amides is 1. The summed E-state index contributed by atoms with van der Waals surface area (Å²) in [5.74, 6) is -0.680. The summed E-state index contributed by atoms with van der Waals surface area (Å²) in [6.07, 6.45) is 3.69. The monoisotopic (exact) mass is 331 g/mol. The van der Waals surface area contributed by atoms with Crippen molar-refractivity contribution in [2.24, 2.45) is 12.8 Å². The highest BCUT2D eigenvalue weighted by Crippen LogP contribution is 2.23. The third-order valence-corrected chi connectivity index (χ3v) is 3.81. The van der Waals surface area contributed by atoms with E-state index in [2.05, 4.69) is 10.00 Å². The molecule has 1 aromatic carbocycles. The topological polar surface area (TPSA) is 107 Å². The molecule has 0 saturated heterocycles. The van der Waals surface area contributed by atoms with Crippen molar-refractivity contribution in [3.8, 4) is 0 Å². The fraction of sp³-hybridized carbons (Fsp3) is 0.375. The van der Waals surface area contributed by atoms with Crippen molar-refractivity contribution in [2.45, 2.75) is 33.0 Å². The number of benzene rings is 1. The summed E-state index contributed by atoms with van der Waals surface area (Å²) in [4.78, 5) is 24.2. The highest BCUT2D eigenvalue weighted by atomic mass is 16.6. The smallest absolute Gasteiger partial charge is 0.274 e. The number of hydrogen-bond acceptors (Lipinski definition) is 5. The van der Waals surface area contributed by atoms with E-state index in [0.717, 1.165) is 5.56 Å². The molecule has 8 heteroatoms. The Morgan fingerprint density at radius 1 is 1.42 bits per heavy atom. The van der Waals surface area contributed by atoms with Crippen LogP contribution >= 0.6 is 0 Å². The second-order valence-corrected chi connectivity index (χ2v) is 5.99. The summed E-state index contributed by atoms with van der Waals surface area (Å²) in [6, 6.07) is 4.53. The highest BCUT2D eigenvalue weighted by Gasteiger charge is 2.20. The second kappa shape index (κ2) is 7.22. The first-order valence-corrected chi connectivity index (χ1v) is 7.56. The lowest BCUT2D eigenvalue weighted by atomic mass is 10.1. The lowest BCUT2D eigenvalue weighted by molar-refractivity contribution is -0.385. The van der Waals surface area contributed by atoms with Crippen molar-refractivity contribution < 1.29 is 9.72 Å². The maximum Gasteiger partial charge on any atom is 0.274 e. The number of nitrogens with two attached hydrogens (primary N) is 1. The Hall–Kier alpha value is -2.74. The molecule has 0 aliphatic rings. The molecule has 0 aliphatic carbocycles. The van der Waals surface area contributed by atoms with Gasteiger partial charge in [-0.1, -0.05) is 6.07 Å². The number of rotatable bonds is 7. The van der Waals surface area contributed by atoms with E-state index < -0.39 is 10.8 Å². The van der Waals surface area contributed by atoms with Crippen molar-refractivity contribution >= 4 is 11.6 Å². The summed E-state index contributed by atoms with van der Waals surface area (Å²) in [5.41, 5.74) is 6.82. The molecule has 0 fully saturated rings. The van der Waals surface area contributed by atoms with Crippen molar-refractivity contribution in [1.29, 1.82) is 0 Å². The van der Waals surface area contributed by atoms with E-state index in [9.17, 15) is 14.9 Å². The summed E-state index contributed by atoms with van der Waals surface area (Å²) in [6.45, 7) is 5.07. The molecule has 2 aromatic rings. The first-order valence-electron chi connectivity index (χ1n) is 7.56. The fourth-order valence-electron chi connectivity index (χ4n) is 2.45. The quantitative estimate of drug-likeness (QED) is 0.615. The van der Waals surface area contributed by atoms with E-state index in [1.54, 1.807) is 16.9 Å². The molecule has 0 radical (unpaired) electrons. The molecule has 1 amide bonds. The van der Waals surface area contributed by atoms with Gasteiger partial charge in [-0.15, -0.1) is 0 Å². The lowest BCUT2D eigenvalue weighted by Gasteiger charge is -2.26. The minimum atomic E-state index is -0.680. The number of aromatic nitrogens is 2. The molecular formula is C16H21N5O3. The predicted molar refractivity (Wildman–Crippen MR) is 89.2 cm³/mol. The summed E-state index contributed by atoms with van der Waals surface area (Å²) >= 11 is 0. The van der Waals surface area contributed by atoms with Crippen LogP contribution in [-0.4, -0.2) is 31.6 Å². The van der Waals surface area contributed by atoms with Crippen LogP contribution in [0.3, 0.4) is 0 Å². The van der Waals surface area contributed by atoms with Gasteiger partial charge in [0.1, 0.15) is 0 Å². The highest BCUT2D eigenvalue weighted by molar-refractivity contribution is 5.93. The van der Waals surface area contributed by atoms with Gasteiger partial charge >= 0.3 is 0 Å². The molecular weight excluding hydrogens is 310 g/mol. The van der Waals surface area contributed by atoms with Crippen LogP contribution < -0.4 is 5.73 Å². The number of primary amides is 1. The van der Waals surface area contributed by atoms with E-state index in [0.29, 0.717) is 18.7 Å². The maximum absolute atomic E-state index is 11.3. The van der Waals surface area contributed by atoms with Gasteiger partial charge in [-0.05, 0) is 19.9 Å². The summed E-state index contributed by atoms with van der Waals surface area (Å²) in [5, 5.41) is 15.5. The second-order valence-electron chi connectivity index (χ2n) is 5.99. The Morgan fingerprint density at radius 2 is 2.12 bits per heavy atom. The van der Waals surface area contributed by atoms with Crippen LogP contribution in [0.25, 0.3) is 0 Å². The molecule has 8 nitrogen and oxygen atoms in total. The SMILES string of the molecule is CC(C)N(Cc1cnn(C)c1)Cc1ccc(C(N)=O)cc1[N+](=O)[O-]. The van der Waals surface area contributed by atoms with E-state index in [1.807, 2.05) is 27.1 Å². The molecule has 2 N–H and O–H groups in total. The van der Waals surface area contributed by atoms with Gasteiger partial charge in [0, 0.05) is 55.1 Å². The summed E-state index contributed by atoms with van der Waals surface area (Å²) in [7, 11) is 1.84. The van der Waals surface area contributed by atoms with Crippen LogP contribution in [0.1, 0.15) is 35.3 Å². The van der Waals surface area contributed by atoms with Crippen molar-refractivity contribution in [1.82, 2.24) is 14.7 Å². The molecule has 0 aliphatic heterocycles. The van der Waals surface area contributed by atoms with Crippen LogP contribution in [0.5, 0.6) is 0 Å². The minimum Gasteiger partial charge on any atom is -0.366 e. The molecule has 1 heterocycles. The number of hydrogen-bond donors (Lipinski definition) is 1. The van der Waals surface area contributed by atoms with Gasteiger partial charge in [0.15, 0.2) is 0 Å². The molecule has 0 bridgehead atoms. The Kier molecular flexibility index (Phi) is 5.30. The maximum atomic E-state index is 11.3. The first kappa shape index (κ1) is 17.6. The van der Waals surface area contributed by atoms with Crippen molar-refractivity contribution in [2.75, 3.05) is 0 Å². The van der Waals surface area contributed by atoms with E-state index in [4.69, 9.17) is 5.73 Å². The third kappa shape index (κ3) is 4.17. The Balaban J connectivity index is 2.28. The van der Waals surface area contributed by atoms with Crippen molar-refractivity contribution in [3.05, 3.63) is 57.4 Å². The zero-order valence-electron chi connectivity index (χ0n) is 14.0. The van der Waals surface area contributed by atoms with Crippen LogP contribution in [0.4, 0.5) is 5.69 Å². The number of nitrogens with zero attached hydrogens (tertiary/aromatic N) is 4. The standard InChI is InChI=1S/C16H21N5O3/c1-11(2)20(9-12-7-18-19(3)8-12)10-14-5-4-13(16(17)22)6-15(14)21(23)24/h4-8,11H,9-10H2,1-3H3,(H2,17,22). The number of nitro groups is 1. The first-order chi connectivity index (χ1) is 11.3. The Morgan fingerprint density at radius 3 is 2.62 bits per heavy atom. The molecule has 2 rings (SSSR count). The lowest BCUT2D eigenvalue weighted by Crippen LogP contribution is -2.30. The fourth-order valence-corrected chi connectivity index (χ4v) is 2.45. The van der Waals surface area contributed by atoms with Gasteiger partial charge in [-0.2, -0.15) is 5.10 Å². The normalized spacial score (nSPS) is 11.2. The average molecular weight is 331 g/mol. The molecule has 0 unspecified atom stereocenters. The van der Waals surface area contributed by atoms with Crippen LogP contribution in [-0.2, 0) is 20.1 Å². The largest absolute Gasteiger partial charge is 0.366 e. The van der Waals surface area contributed by atoms with Gasteiger partial charge in [-0.3, -0.25) is 24.5 Å². The van der Waals surface area contributed by atoms with Crippen molar-refractivity contribution in [3.63, 3.8) is 0 Å². The molecule has 0 spiro atoms. The number of carbonyl (C=O) groups is 1. The van der Waals surface area contributed by atoms with Crippen LogP contribution in [0.2, 0.25) is 0 Å².